The van der Waals surface area contributed by atoms with Crippen LogP contribution in [-0.4, -0.2) is 6.10 Å². The number of benzene rings is 1. The summed E-state index contributed by atoms with van der Waals surface area (Å²) in [6.45, 7) is 0.521. The van der Waals surface area contributed by atoms with E-state index in [0.717, 1.165) is 35.2 Å². The molecule has 0 saturated heterocycles. The molecule has 0 amide bonds. The third-order valence-electron chi connectivity index (χ3n) is 8.50. The Hall–Kier alpha value is -0.380. The van der Waals surface area contributed by atoms with Crippen LogP contribution in [0, 0.1) is 35.4 Å². The maximum absolute atomic E-state index is 13.7. The Bertz CT molecular complexity index is 714. The van der Waals surface area contributed by atoms with Gasteiger partial charge in [0.05, 0.1) is 17.2 Å². The minimum atomic E-state index is -0.208. The van der Waals surface area contributed by atoms with Crippen molar-refractivity contribution in [1.29, 1.82) is 0 Å². The second-order valence-electron chi connectivity index (χ2n) is 10.3. The molecule has 3 fully saturated rings. The predicted octanol–water partition coefficient (Wildman–Crippen LogP) is 9.03. The SMILES string of the molecule is Fc1cc(COC2CCC(C3CCC(C4CCC(C=CCl)CC4)CC3)CC2)ccc1Br. The van der Waals surface area contributed by atoms with Crippen LogP contribution in [0.4, 0.5) is 4.39 Å². The van der Waals surface area contributed by atoms with Gasteiger partial charge in [0.2, 0.25) is 0 Å². The maximum Gasteiger partial charge on any atom is 0.137 e. The highest BCUT2D eigenvalue weighted by Crippen LogP contribution is 2.45. The molecule has 1 aromatic carbocycles. The molecule has 0 aliphatic heterocycles. The van der Waals surface area contributed by atoms with Gasteiger partial charge < -0.3 is 4.74 Å². The van der Waals surface area contributed by atoms with Gasteiger partial charge in [-0.2, -0.15) is 0 Å². The fourth-order valence-electron chi connectivity index (χ4n) is 6.57. The van der Waals surface area contributed by atoms with Crippen molar-refractivity contribution in [3.05, 3.63) is 45.7 Å². The predicted molar refractivity (Wildman–Crippen MR) is 131 cm³/mol. The second-order valence-corrected chi connectivity index (χ2v) is 11.4. The Balaban J connectivity index is 1.15. The lowest BCUT2D eigenvalue weighted by Crippen LogP contribution is -2.31. The first kappa shape index (κ1) is 23.8. The van der Waals surface area contributed by atoms with Gasteiger partial charge in [-0.05, 0) is 140 Å². The zero-order chi connectivity index (χ0) is 21.6. The molecular weight excluding hydrogens is 475 g/mol. The summed E-state index contributed by atoms with van der Waals surface area (Å²) in [6.07, 6.45) is 18.8. The molecule has 4 rings (SSSR count). The summed E-state index contributed by atoms with van der Waals surface area (Å²) in [5.41, 5.74) is 2.64. The van der Waals surface area contributed by atoms with Crippen molar-refractivity contribution in [3.63, 3.8) is 0 Å². The van der Waals surface area contributed by atoms with E-state index >= 15 is 0 Å². The fraction of sp³-hybridized carbons (Fsp3) is 0.704. The van der Waals surface area contributed by atoms with Crippen molar-refractivity contribution < 1.29 is 9.13 Å². The summed E-state index contributed by atoms with van der Waals surface area (Å²) in [7, 11) is 0. The van der Waals surface area contributed by atoms with Crippen LogP contribution in [0.25, 0.3) is 0 Å². The van der Waals surface area contributed by atoms with Gasteiger partial charge >= 0.3 is 0 Å². The van der Waals surface area contributed by atoms with Crippen LogP contribution in [0.3, 0.4) is 0 Å². The third-order valence-corrected chi connectivity index (χ3v) is 9.29. The topological polar surface area (TPSA) is 9.23 Å². The van der Waals surface area contributed by atoms with Crippen molar-refractivity contribution in [2.75, 3.05) is 0 Å². The highest BCUT2D eigenvalue weighted by atomic mass is 79.9. The molecule has 0 heterocycles. The van der Waals surface area contributed by atoms with Crippen molar-refractivity contribution in [2.45, 2.75) is 89.8 Å². The van der Waals surface area contributed by atoms with Crippen molar-refractivity contribution >= 4 is 27.5 Å². The zero-order valence-electron chi connectivity index (χ0n) is 18.6. The number of halogens is 3. The van der Waals surface area contributed by atoms with Crippen molar-refractivity contribution in [3.8, 4) is 0 Å². The maximum atomic E-state index is 13.7. The Kier molecular flexibility index (Phi) is 8.94. The molecule has 0 atom stereocenters. The van der Waals surface area contributed by atoms with Gasteiger partial charge in [0.1, 0.15) is 5.82 Å². The lowest BCUT2D eigenvalue weighted by Gasteiger charge is -2.41. The van der Waals surface area contributed by atoms with E-state index in [1.165, 1.54) is 77.0 Å². The van der Waals surface area contributed by atoms with E-state index in [-0.39, 0.29) is 5.82 Å². The smallest absolute Gasteiger partial charge is 0.137 e. The summed E-state index contributed by atoms with van der Waals surface area (Å²) >= 11 is 8.98. The number of hydrogen-bond acceptors (Lipinski definition) is 1. The summed E-state index contributed by atoms with van der Waals surface area (Å²) in [6, 6.07) is 5.29. The average molecular weight is 512 g/mol. The number of hydrogen-bond donors (Lipinski definition) is 0. The van der Waals surface area contributed by atoms with Crippen LogP contribution in [0.5, 0.6) is 0 Å². The number of allylic oxidation sites excluding steroid dienone is 1. The van der Waals surface area contributed by atoms with E-state index in [9.17, 15) is 4.39 Å². The van der Waals surface area contributed by atoms with Gasteiger partial charge in [-0.15, -0.1) is 0 Å². The molecule has 4 heteroatoms. The van der Waals surface area contributed by atoms with Gasteiger partial charge in [-0.1, -0.05) is 23.7 Å². The summed E-state index contributed by atoms with van der Waals surface area (Å²) in [5.74, 6) is 4.30. The van der Waals surface area contributed by atoms with Crippen molar-refractivity contribution in [2.24, 2.45) is 29.6 Å². The molecular formula is C27H37BrClFO. The molecule has 172 valence electrons. The van der Waals surface area contributed by atoms with Crippen LogP contribution < -0.4 is 0 Å². The van der Waals surface area contributed by atoms with E-state index in [1.54, 1.807) is 17.7 Å². The van der Waals surface area contributed by atoms with Gasteiger partial charge in [0, 0.05) is 5.54 Å². The van der Waals surface area contributed by atoms with Crippen molar-refractivity contribution in [1.82, 2.24) is 0 Å². The quantitative estimate of drug-likeness (QED) is 0.370. The summed E-state index contributed by atoms with van der Waals surface area (Å²) in [4.78, 5) is 0. The molecule has 0 aromatic heterocycles. The highest BCUT2D eigenvalue weighted by molar-refractivity contribution is 9.10. The van der Waals surface area contributed by atoms with Crippen LogP contribution >= 0.6 is 27.5 Å². The zero-order valence-corrected chi connectivity index (χ0v) is 20.9. The van der Waals surface area contributed by atoms with E-state index in [0.29, 0.717) is 17.2 Å². The third kappa shape index (κ3) is 6.58. The normalized spacial score (nSPS) is 34.8. The molecule has 0 bridgehead atoms. The first-order valence-electron chi connectivity index (χ1n) is 12.4. The molecule has 1 nitrogen and oxygen atoms in total. The van der Waals surface area contributed by atoms with E-state index < -0.39 is 0 Å². The first-order chi connectivity index (χ1) is 15.1. The molecule has 3 saturated carbocycles. The minimum Gasteiger partial charge on any atom is -0.374 e. The monoisotopic (exact) mass is 510 g/mol. The largest absolute Gasteiger partial charge is 0.374 e. The number of ether oxygens (including phenoxy) is 1. The average Bonchev–Trinajstić information content (AvgIpc) is 2.81. The van der Waals surface area contributed by atoms with Gasteiger partial charge in [0.15, 0.2) is 0 Å². The second kappa shape index (κ2) is 11.7. The summed E-state index contributed by atoms with van der Waals surface area (Å²) < 4.78 is 20.3. The molecule has 31 heavy (non-hydrogen) atoms. The van der Waals surface area contributed by atoms with Crippen LogP contribution in [0.1, 0.15) is 82.6 Å². The Morgan fingerprint density at radius 3 is 1.87 bits per heavy atom. The molecule has 0 N–H and O–H groups in total. The lowest BCUT2D eigenvalue weighted by molar-refractivity contribution is -0.00409. The Morgan fingerprint density at radius 1 is 0.839 bits per heavy atom. The van der Waals surface area contributed by atoms with Gasteiger partial charge in [0.25, 0.3) is 0 Å². The molecule has 3 aliphatic rings. The molecule has 3 aliphatic carbocycles. The molecule has 0 unspecified atom stereocenters. The van der Waals surface area contributed by atoms with Gasteiger partial charge in [-0.3, -0.25) is 0 Å². The Labute approximate surface area is 201 Å². The van der Waals surface area contributed by atoms with Crippen LogP contribution in [0.15, 0.2) is 34.3 Å². The lowest BCUT2D eigenvalue weighted by atomic mass is 9.65. The minimum absolute atomic E-state index is 0.208. The number of rotatable bonds is 6. The standard InChI is InChI=1S/C27H37BrClFO/c28-26-14-3-20(17-27(26)30)18-31-25-12-10-24(11-13-25)23-8-6-22(7-9-23)21-4-1-19(2-5-21)15-16-29/h3,14-17,19,21-25H,1-2,4-13,18H2. The van der Waals surface area contributed by atoms with Crippen LogP contribution in [-0.2, 0) is 11.3 Å². The fourth-order valence-corrected chi connectivity index (χ4v) is 7.02. The Morgan fingerprint density at radius 2 is 1.35 bits per heavy atom. The van der Waals surface area contributed by atoms with E-state index in [4.69, 9.17) is 16.3 Å². The van der Waals surface area contributed by atoms with Crippen LogP contribution in [0.2, 0.25) is 0 Å². The molecule has 0 radical (unpaired) electrons. The van der Waals surface area contributed by atoms with E-state index in [1.807, 2.05) is 6.07 Å². The molecule has 1 aromatic rings. The van der Waals surface area contributed by atoms with Gasteiger partial charge in [-0.25, -0.2) is 4.39 Å². The highest BCUT2D eigenvalue weighted by Gasteiger charge is 2.34. The molecule has 0 spiro atoms. The van der Waals surface area contributed by atoms with E-state index in [2.05, 4.69) is 22.0 Å². The summed E-state index contributed by atoms with van der Waals surface area (Å²) in [5, 5.41) is 0. The first-order valence-corrected chi connectivity index (χ1v) is 13.7.